The Balaban J connectivity index is 1.39. The highest BCUT2D eigenvalue weighted by Gasteiger charge is 2.32. The molecule has 7 heteroatoms. The number of benzene rings is 4. The third kappa shape index (κ3) is 4.41. The van der Waals surface area contributed by atoms with Crippen molar-refractivity contribution in [1.29, 1.82) is 0 Å². The zero-order chi connectivity index (χ0) is 24.5. The van der Waals surface area contributed by atoms with Gasteiger partial charge in [-0.15, -0.1) is 0 Å². The van der Waals surface area contributed by atoms with Gasteiger partial charge >= 0.3 is 0 Å². The number of carbonyl (C=O) groups is 3. The highest BCUT2D eigenvalue weighted by atomic mass is 35.5. The quantitative estimate of drug-likeness (QED) is 0.283. The van der Waals surface area contributed by atoms with Gasteiger partial charge in [0.1, 0.15) is 0 Å². The first-order chi connectivity index (χ1) is 16.9. The minimum Gasteiger partial charge on any atom is -0.308 e. The fourth-order valence-electron chi connectivity index (χ4n) is 4.46. The number of amides is 3. The molecule has 174 valence electrons. The first kappa shape index (κ1) is 23.1. The summed E-state index contributed by atoms with van der Waals surface area (Å²) in [6.45, 7) is 0.463. The van der Waals surface area contributed by atoms with Crippen molar-refractivity contribution in [3.63, 3.8) is 0 Å². The number of anilines is 1. The molecular formula is C28H20Cl2N2O3. The van der Waals surface area contributed by atoms with E-state index in [2.05, 4.69) is 0 Å². The zero-order valence-electron chi connectivity index (χ0n) is 18.6. The Kier molecular flexibility index (Phi) is 6.29. The molecule has 4 aromatic carbocycles. The van der Waals surface area contributed by atoms with Gasteiger partial charge in [-0.25, -0.2) is 0 Å². The molecule has 0 unspecified atom stereocenters. The predicted molar refractivity (Wildman–Crippen MR) is 139 cm³/mol. The molecular weight excluding hydrogens is 483 g/mol. The second kappa shape index (κ2) is 9.53. The van der Waals surface area contributed by atoms with Crippen LogP contribution in [0.1, 0.15) is 37.5 Å². The average Bonchev–Trinajstić information content (AvgIpc) is 2.86. The van der Waals surface area contributed by atoms with Crippen LogP contribution in [0.4, 0.5) is 5.69 Å². The maximum Gasteiger partial charge on any atom is 0.261 e. The minimum atomic E-state index is -0.321. The second-order valence-corrected chi connectivity index (χ2v) is 9.15. The van der Waals surface area contributed by atoms with Gasteiger partial charge in [-0.05, 0) is 54.3 Å². The first-order valence-corrected chi connectivity index (χ1v) is 11.9. The molecule has 1 heterocycles. The molecule has 0 saturated heterocycles. The first-order valence-electron chi connectivity index (χ1n) is 11.1. The van der Waals surface area contributed by atoms with E-state index in [0.717, 1.165) is 5.39 Å². The summed E-state index contributed by atoms with van der Waals surface area (Å²) in [6, 6.07) is 24.8. The van der Waals surface area contributed by atoms with Gasteiger partial charge in [0.25, 0.3) is 17.7 Å². The summed E-state index contributed by atoms with van der Waals surface area (Å²) in [4.78, 5) is 42.7. The molecule has 1 aliphatic rings. The van der Waals surface area contributed by atoms with Gasteiger partial charge in [-0.3, -0.25) is 19.3 Å². The summed E-state index contributed by atoms with van der Waals surface area (Å²) in [6.07, 6.45) is 0.393. The number of nitrogens with zero attached hydrogens (tertiary/aromatic N) is 2. The van der Waals surface area contributed by atoms with Crippen molar-refractivity contribution in [2.75, 3.05) is 18.0 Å². The topological polar surface area (TPSA) is 57.7 Å². The summed E-state index contributed by atoms with van der Waals surface area (Å²) in [5.41, 5.74) is 2.08. The predicted octanol–water partition coefficient (Wildman–Crippen LogP) is 6.48. The van der Waals surface area contributed by atoms with E-state index in [1.54, 1.807) is 35.2 Å². The molecule has 3 amide bonds. The summed E-state index contributed by atoms with van der Waals surface area (Å²) in [5, 5.41) is 2.29. The van der Waals surface area contributed by atoms with Gasteiger partial charge < -0.3 is 4.90 Å². The Bertz CT molecular complexity index is 1400. The minimum absolute atomic E-state index is 0.176. The van der Waals surface area contributed by atoms with Gasteiger partial charge in [0.15, 0.2) is 0 Å². The normalized spacial score (nSPS) is 12.8. The van der Waals surface area contributed by atoms with Crippen LogP contribution >= 0.6 is 23.2 Å². The number of carbonyl (C=O) groups excluding carboxylic acids is 3. The van der Waals surface area contributed by atoms with Gasteiger partial charge in [-0.2, -0.15) is 0 Å². The van der Waals surface area contributed by atoms with Crippen LogP contribution in [0.15, 0.2) is 84.9 Å². The molecule has 0 aromatic heterocycles. The third-order valence-electron chi connectivity index (χ3n) is 6.04. The molecule has 0 fully saturated rings. The van der Waals surface area contributed by atoms with Crippen molar-refractivity contribution in [2.45, 2.75) is 6.42 Å². The van der Waals surface area contributed by atoms with E-state index in [1.165, 1.54) is 4.90 Å². The van der Waals surface area contributed by atoms with Crippen molar-refractivity contribution in [3.05, 3.63) is 112 Å². The molecule has 35 heavy (non-hydrogen) atoms. The molecule has 0 spiro atoms. The van der Waals surface area contributed by atoms with Crippen molar-refractivity contribution in [3.8, 4) is 0 Å². The number of halogens is 2. The van der Waals surface area contributed by atoms with Crippen molar-refractivity contribution in [2.24, 2.45) is 0 Å². The number of imide groups is 1. The second-order valence-electron chi connectivity index (χ2n) is 8.28. The van der Waals surface area contributed by atoms with Crippen LogP contribution in [0, 0.1) is 0 Å². The summed E-state index contributed by atoms with van der Waals surface area (Å²) in [5.74, 6) is -0.913. The fourth-order valence-corrected chi connectivity index (χ4v) is 4.99. The van der Waals surface area contributed by atoms with Crippen LogP contribution in [0.3, 0.4) is 0 Å². The van der Waals surface area contributed by atoms with E-state index in [0.29, 0.717) is 44.2 Å². The van der Waals surface area contributed by atoms with Crippen LogP contribution < -0.4 is 4.90 Å². The maximum atomic E-state index is 13.4. The molecule has 0 atom stereocenters. The largest absolute Gasteiger partial charge is 0.308 e. The van der Waals surface area contributed by atoms with Gasteiger partial charge in [-0.1, -0.05) is 65.7 Å². The summed E-state index contributed by atoms with van der Waals surface area (Å²) >= 11 is 12.2. The van der Waals surface area contributed by atoms with E-state index in [1.807, 2.05) is 54.6 Å². The van der Waals surface area contributed by atoms with Gasteiger partial charge in [0.05, 0.1) is 0 Å². The lowest BCUT2D eigenvalue weighted by Crippen LogP contribution is -2.42. The average molecular weight is 503 g/mol. The van der Waals surface area contributed by atoms with E-state index in [9.17, 15) is 14.4 Å². The molecule has 5 nitrogen and oxygen atoms in total. The molecule has 0 aliphatic carbocycles. The van der Waals surface area contributed by atoms with E-state index in [4.69, 9.17) is 23.2 Å². The maximum absolute atomic E-state index is 13.4. The van der Waals surface area contributed by atoms with Gasteiger partial charge in [0.2, 0.25) is 0 Å². The Hall–Kier alpha value is -3.67. The lowest BCUT2D eigenvalue weighted by Gasteiger charge is -2.29. The zero-order valence-corrected chi connectivity index (χ0v) is 20.1. The molecule has 0 saturated carbocycles. The Morgan fingerprint density at radius 3 is 1.97 bits per heavy atom. The lowest BCUT2D eigenvalue weighted by atomic mass is 9.94. The van der Waals surface area contributed by atoms with Crippen LogP contribution in [-0.4, -0.2) is 35.7 Å². The van der Waals surface area contributed by atoms with Crippen molar-refractivity contribution >= 4 is 57.4 Å². The monoisotopic (exact) mass is 502 g/mol. The lowest BCUT2D eigenvalue weighted by molar-refractivity contribution is 0.0610. The summed E-state index contributed by atoms with van der Waals surface area (Å²) < 4.78 is 0. The molecule has 0 N–H and O–H groups in total. The van der Waals surface area contributed by atoms with E-state index < -0.39 is 0 Å². The SMILES string of the molecule is O=C1c2cccc3cccc(c23)C(=O)N1CCCN(C(=O)c1cc(Cl)cc(Cl)c1)c1ccccc1. The standard InChI is InChI=1S/C28H20Cl2N2O3/c29-20-15-19(16-21(30)17-20)26(33)31(22-9-2-1-3-10-22)13-6-14-32-27(34)23-11-4-7-18-8-5-12-24(25(18)23)28(32)35/h1-5,7-12,15-17H,6,13-14H2. The van der Waals surface area contributed by atoms with E-state index in [-0.39, 0.29) is 30.8 Å². The van der Waals surface area contributed by atoms with E-state index >= 15 is 0 Å². The highest BCUT2D eigenvalue weighted by Crippen LogP contribution is 2.30. The summed E-state index contributed by atoms with van der Waals surface area (Å²) in [7, 11) is 0. The van der Waals surface area contributed by atoms with Crippen LogP contribution in [0.5, 0.6) is 0 Å². The van der Waals surface area contributed by atoms with Gasteiger partial charge in [0, 0.05) is 50.9 Å². The third-order valence-corrected chi connectivity index (χ3v) is 6.48. The number of hydrogen-bond donors (Lipinski definition) is 0. The Morgan fingerprint density at radius 2 is 1.37 bits per heavy atom. The molecule has 0 radical (unpaired) electrons. The van der Waals surface area contributed by atoms with Crippen molar-refractivity contribution < 1.29 is 14.4 Å². The highest BCUT2D eigenvalue weighted by molar-refractivity contribution is 6.35. The van der Waals surface area contributed by atoms with Crippen LogP contribution in [-0.2, 0) is 0 Å². The smallest absolute Gasteiger partial charge is 0.261 e. The number of rotatable bonds is 6. The van der Waals surface area contributed by atoms with Crippen molar-refractivity contribution in [1.82, 2.24) is 4.90 Å². The molecule has 5 rings (SSSR count). The van der Waals surface area contributed by atoms with Crippen LogP contribution in [0.25, 0.3) is 10.8 Å². The number of hydrogen-bond acceptors (Lipinski definition) is 3. The fraction of sp³-hybridized carbons (Fsp3) is 0.107. The Morgan fingerprint density at radius 1 is 0.771 bits per heavy atom. The molecule has 1 aliphatic heterocycles. The number of para-hydroxylation sites is 1. The Labute approximate surface area is 212 Å². The molecule has 0 bridgehead atoms. The van der Waals surface area contributed by atoms with Crippen LogP contribution in [0.2, 0.25) is 10.0 Å². The molecule has 4 aromatic rings.